The van der Waals surface area contributed by atoms with Gasteiger partial charge in [-0.25, -0.2) is 0 Å². The number of unbranched alkanes of at least 4 members (excludes halogenated alkanes) is 2. The van der Waals surface area contributed by atoms with Gasteiger partial charge in [-0.3, -0.25) is 33.7 Å². The van der Waals surface area contributed by atoms with E-state index in [0.29, 0.717) is 43.5 Å². The van der Waals surface area contributed by atoms with Crippen molar-refractivity contribution in [1.82, 2.24) is 15.5 Å². The van der Waals surface area contributed by atoms with Crippen molar-refractivity contribution in [2.75, 3.05) is 25.0 Å². The van der Waals surface area contributed by atoms with Gasteiger partial charge in [0.25, 0.3) is 0 Å². The average molecular weight is 540 g/mol. The lowest BCUT2D eigenvalue weighted by molar-refractivity contribution is -0.140. The maximum Gasteiger partial charge on any atom is 0.243 e. The Hall–Kier alpha value is -3.70. The molecule has 0 bridgehead atoms. The molecule has 5 amide bonds. The van der Waals surface area contributed by atoms with Gasteiger partial charge in [0.15, 0.2) is 0 Å². The standard InChI is InChI=1S/C27H37BN4O7/c1-3-19(4-2)21-14-25(36)32(26(21)37)13-7-5-6-8-22(33)29-15-23(34)30-16-24(35)31-20-11-9-18(10-12-20)17-39-27(28)38/h9-12,19,21H,3-8,13-17H2,1-2H3,(H,29,33)(H,30,34)(H,31,35). The van der Waals surface area contributed by atoms with Crippen LogP contribution in [0.15, 0.2) is 24.3 Å². The van der Waals surface area contributed by atoms with E-state index in [1.807, 2.05) is 13.8 Å². The molecular weight excluding hydrogens is 503 g/mol. The molecule has 1 heterocycles. The van der Waals surface area contributed by atoms with Gasteiger partial charge in [0.05, 0.1) is 19.0 Å². The van der Waals surface area contributed by atoms with Crippen molar-refractivity contribution in [2.45, 2.75) is 65.4 Å². The number of hydrogen-bond donors (Lipinski definition) is 3. The van der Waals surface area contributed by atoms with Crippen LogP contribution in [0.5, 0.6) is 0 Å². The second-order valence-corrected chi connectivity index (χ2v) is 9.49. The number of hydrogen-bond acceptors (Lipinski definition) is 7. The lowest BCUT2D eigenvalue weighted by Crippen LogP contribution is -2.40. The zero-order chi connectivity index (χ0) is 28.8. The average Bonchev–Trinajstić information content (AvgIpc) is 3.19. The molecule has 3 N–H and O–H groups in total. The van der Waals surface area contributed by atoms with E-state index in [1.54, 1.807) is 24.3 Å². The summed E-state index contributed by atoms with van der Waals surface area (Å²) in [6, 6.07) is 6.54. The Morgan fingerprint density at radius 1 is 0.949 bits per heavy atom. The number of benzene rings is 1. The zero-order valence-corrected chi connectivity index (χ0v) is 22.6. The highest BCUT2D eigenvalue weighted by atomic mass is 16.5. The second kappa shape index (κ2) is 16.3. The zero-order valence-electron chi connectivity index (χ0n) is 22.6. The van der Waals surface area contributed by atoms with Crippen LogP contribution in [0.2, 0.25) is 0 Å². The van der Waals surface area contributed by atoms with E-state index < -0.39 is 17.7 Å². The first-order valence-electron chi connectivity index (χ1n) is 13.3. The van der Waals surface area contributed by atoms with Crippen molar-refractivity contribution in [3.63, 3.8) is 0 Å². The molecule has 0 aromatic heterocycles. The highest BCUT2D eigenvalue weighted by Crippen LogP contribution is 2.31. The molecule has 0 spiro atoms. The number of nitrogens with zero attached hydrogens (tertiary/aromatic N) is 1. The first-order valence-corrected chi connectivity index (χ1v) is 13.3. The maximum atomic E-state index is 12.6. The Morgan fingerprint density at radius 3 is 2.23 bits per heavy atom. The van der Waals surface area contributed by atoms with Crippen LogP contribution in [0.4, 0.5) is 10.5 Å². The molecule has 1 fully saturated rings. The van der Waals surface area contributed by atoms with E-state index >= 15 is 0 Å². The molecule has 1 atom stereocenters. The van der Waals surface area contributed by atoms with Gasteiger partial charge in [-0.15, -0.1) is 0 Å². The van der Waals surface area contributed by atoms with E-state index in [1.165, 1.54) is 4.90 Å². The molecule has 39 heavy (non-hydrogen) atoms. The van der Waals surface area contributed by atoms with E-state index in [4.69, 9.17) is 7.85 Å². The number of amides is 5. The summed E-state index contributed by atoms with van der Waals surface area (Å²) in [5.41, 5.74) is 1.19. The molecule has 210 valence electrons. The van der Waals surface area contributed by atoms with Crippen LogP contribution < -0.4 is 16.0 Å². The summed E-state index contributed by atoms with van der Waals surface area (Å²) in [5, 5.41) is 7.56. The molecule has 2 rings (SSSR count). The third-order valence-corrected chi connectivity index (χ3v) is 6.69. The van der Waals surface area contributed by atoms with Crippen molar-refractivity contribution in [3.8, 4) is 0 Å². The fourth-order valence-electron chi connectivity index (χ4n) is 4.45. The highest BCUT2D eigenvalue weighted by Gasteiger charge is 2.41. The van der Waals surface area contributed by atoms with E-state index in [9.17, 15) is 28.8 Å². The number of nitrogens with one attached hydrogen (secondary N) is 3. The predicted molar refractivity (Wildman–Crippen MR) is 144 cm³/mol. The Morgan fingerprint density at radius 2 is 1.59 bits per heavy atom. The van der Waals surface area contributed by atoms with Crippen molar-refractivity contribution < 1.29 is 33.5 Å². The SMILES string of the molecule is [B]C(=O)OCc1ccc(NC(=O)CNC(=O)CNC(=O)CCCCCN2C(=O)CC(C(CC)CC)C2=O)cc1. The Balaban J connectivity index is 1.56. The normalized spacial score (nSPS) is 14.8. The molecule has 2 radical (unpaired) electrons. The van der Waals surface area contributed by atoms with E-state index in [-0.39, 0.29) is 55.7 Å². The first kappa shape index (κ1) is 31.5. The van der Waals surface area contributed by atoms with Gasteiger partial charge in [0.2, 0.25) is 43.3 Å². The molecule has 1 aliphatic rings. The minimum absolute atomic E-state index is 0.0188. The molecule has 1 aromatic rings. The van der Waals surface area contributed by atoms with Crippen LogP contribution in [0.3, 0.4) is 0 Å². The van der Waals surface area contributed by atoms with Crippen molar-refractivity contribution in [2.24, 2.45) is 11.8 Å². The molecule has 1 unspecified atom stereocenters. The largest absolute Gasteiger partial charge is 0.470 e. The number of rotatable bonds is 16. The predicted octanol–water partition coefficient (Wildman–Crippen LogP) is 2.03. The van der Waals surface area contributed by atoms with Crippen molar-refractivity contribution in [1.29, 1.82) is 0 Å². The number of carbonyl (C=O) groups is 6. The topological polar surface area (TPSA) is 151 Å². The minimum Gasteiger partial charge on any atom is -0.470 e. The number of carbonyl (C=O) groups excluding carboxylic acids is 6. The Bertz CT molecular complexity index is 1030. The van der Waals surface area contributed by atoms with E-state index in [2.05, 4.69) is 20.7 Å². The number of ether oxygens (including phenoxy) is 1. The number of imide groups is 1. The van der Waals surface area contributed by atoms with Gasteiger partial charge in [-0.05, 0) is 36.5 Å². The summed E-state index contributed by atoms with van der Waals surface area (Å²) in [5.74, 6) is -2.29. The van der Waals surface area contributed by atoms with Crippen LogP contribution in [-0.2, 0) is 35.3 Å². The third-order valence-electron chi connectivity index (χ3n) is 6.69. The molecule has 11 nitrogen and oxygen atoms in total. The second-order valence-electron chi connectivity index (χ2n) is 9.49. The molecule has 0 saturated carbocycles. The molecule has 1 aliphatic heterocycles. The van der Waals surface area contributed by atoms with Crippen molar-refractivity contribution >= 4 is 48.9 Å². The van der Waals surface area contributed by atoms with Gasteiger partial charge in [0.1, 0.15) is 6.61 Å². The molecular formula is C27H37BN4O7. The minimum atomic E-state index is -0.879. The van der Waals surface area contributed by atoms with Gasteiger partial charge >= 0.3 is 0 Å². The fraction of sp³-hybridized carbons (Fsp3) is 0.556. The quantitative estimate of drug-likeness (QED) is 0.165. The summed E-state index contributed by atoms with van der Waals surface area (Å²) in [4.78, 5) is 72.8. The van der Waals surface area contributed by atoms with Crippen LogP contribution in [0, 0.1) is 11.8 Å². The van der Waals surface area contributed by atoms with Gasteiger partial charge in [0, 0.05) is 25.1 Å². The molecule has 1 saturated heterocycles. The lowest BCUT2D eigenvalue weighted by Gasteiger charge is -2.19. The molecule has 1 aromatic carbocycles. The van der Waals surface area contributed by atoms with Crippen LogP contribution >= 0.6 is 0 Å². The van der Waals surface area contributed by atoms with Crippen molar-refractivity contribution in [3.05, 3.63) is 29.8 Å². The number of anilines is 1. The maximum absolute atomic E-state index is 12.6. The summed E-state index contributed by atoms with van der Waals surface area (Å²) in [7, 11) is 4.91. The smallest absolute Gasteiger partial charge is 0.243 e. The lowest BCUT2D eigenvalue weighted by atomic mass is 9.87. The fourth-order valence-corrected chi connectivity index (χ4v) is 4.45. The summed E-state index contributed by atoms with van der Waals surface area (Å²) >= 11 is 0. The first-order chi connectivity index (χ1) is 18.6. The highest BCUT2D eigenvalue weighted by molar-refractivity contribution is 6.55. The summed E-state index contributed by atoms with van der Waals surface area (Å²) in [6.07, 6.45) is 4.12. The van der Waals surface area contributed by atoms with Gasteiger partial charge < -0.3 is 20.7 Å². The number of likely N-dealkylation sites (tertiary alicyclic amines) is 1. The van der Waals surface area contributed by atoms with Crippen LogP contribution in [0.25, 0.3) is 0 Å². The summed E-state index contributed by atoms with van der Waals surface area (Å²) in [6.45, 7) is 3.94. The summed E-state index contributed by atoms with van der Waals surface area (Å²) < 4.78 is 4.68. The van der Waals surface area contributed by atoms with Crippen LogP contribution in [-0.4, -0.2) is 67.8 Å². The van der Waals surface area contributed by atoms with Gasteiger partial charge in [-0.2, -0.15) is 0 Å². The van der Waals surface area contributed by atoms with E-state index in [0.717, 1.165) is 12.8 Å². The molecule has 12 heteroatoms. The Labute approximate surface area is 230 Å². The van der Waals surface area contributed by atoms with Gasteiger partial charge in [-0.1, -0.05) is 45.2 Å². The Kier molecular flexibility index (Phi) is 13.2. The third kappa shape index (κ3) is 10.9. The van der Waals surface area contributed by atoms with Crippen LogP contribution in [0.1, 0.15) is 64.4 Å². The monoisotopic (exact) mass is 540 g/mol. The molecule has 0 aliphatic carbocycles.